The zero-order chi connectivity index (χ0) is 7.90. The van der Waals surface area contributed by atoms with Gasteiger partial charge in [-0.3, -0.25) is 4.79 Å². The number of ketones is 1. The Labute approximate surface area is 66.0 Å². The molecule has 0 amide bonds. The SMILES string of the molecule is O=CC1(C(=O)C2CCC2)CC1. The fourth-order valence-electron chi connectivity index (χ4n) is 1.63. The number of carbonyl (C=O) groups is 2. The van der Waals surface area contributed by atoms with Crippen molar-refractivity contribution in [3.05, 3.63) is 0 Å². The van der Waals surface area contributed by atoms with Gasteiger partial charge in [0.2, 0.25) is 0 Å². The van der Waals surface area contributed by atoms with Crippen LogP contribution >= 0.6 is 0 Å². The lowest BCUT2D eigenvalue weighted by Crippen LogP contribution is -2.30. The van der Waals surface area contributed by atoms with Crippen LogP contribution in [0.15, 0.2) is 0 Å². The minimum absolute atomic E-state index is 0.235. The molecule has 0 aromatic heterocycles. The molecule has 2 nitrogen and oxygen atoms in total. The molecular formula is C9H12O2. The molecule has 0 bridgehead atoms. The third-order valence-electron chi connectivity index (χ3n) is 2.98. The summed E-state index contributed by atoms with van der Waals surface area (Å²) in [6.07, 6.45) is 5.71. The fourth-order valence-corrected chi connectivity index (χ4v) is 1.63. The predicted octanol–water partition coefficient (Wildman–Crippen LogP) is 1.33. The Kier molecular flexibility index (Phi) is 1.38. The zero-order valence-corrected chi connectivity index (χ0v) is 6.51. The number of rotatable bonds is 3. The Balaban J connectivity index is 2.03. The van der Waals surface area contributed by atoms with Crippen LogP contribution in [-0.4, -0.2) is 12.1 Å². The maximum atomic E-state index is 11.5. The number of carbonyl (C=O) groups excluding carboxylic acids is 2. The van der Waals surface area contributed by atoms with Crippen molar-refractivity contribution < 1.29 is 9.59 Å². The van der Waals surface area contributed by atoms with Crippen LogP contribution in [0.2, 0.25) is 0 Å². The first-order valence-corrected chi connectivity index (χ1v) is 4.29. The monoisotopic (exact) mass is 152 g/mol. The van der Waals surface area contributed by atoms with Crippen molar-refractivity contribution in [2.24, 2.45) is 11.3 Å². The first-order valence-electron chi connectivity index (χ1n) is 4.29. The van der Waals surface area contributed by atoms with Crippen LogP contribution in [0, 0.1) is 11.3 Å². The Hall–Kier alpha value is -0.660. The molecule has 0 aromatic rings. The van der Waals surface area contributed by atoms with E-state index < -0.39 is 5.41 Å². The standard InChI is InChI=1S/C9H12O2/c10-6-9(4-5-9)8(11)7-2-1-3-7/h6-7H,1-5H2. The molecule has 0 radical (unpaired) electrons. The molecule has 0 unspecified atom stereocenters. The molecule has 2 aliphatic rings. The lowest BCUT2D eigenvalue weighted by atomic mass is 9.77. The van der Waals surface area contributed by atoms with Gasteiger partial charge in [-0.25, -0.2) is 0 Å². The summed E-state index contributed by atoms with van der Waals surface area (Å²) in [6.45, 7) is 0. The van der Waals surface area contributed by atoms with Crippen LogP contribution in [0.1, 0.15) is 32.1 Å². The van der Waals surface area contributed by atoms with E-state index in [9.17, 15) is 9.59 Å². The van der Waals surface area contributed by atoms with Crippen molar-refractivity contribution in [2.45, 2.75) is 32.1 Å². The summed E-state index contributed by atoms with van der Waals surface area (Å²) >= 11 is 0. The number of hydrogen-bond donors (Lipinski definition) is 0. The van der Waals surface area contributed by atoms with E-state index in [2.05, 4.69) is 0 Å². The summed E-state index contributed by atoms with van der Waals surface area (Å²) in [6, 6.07) is 0. The van der Waals surface area contributed by atoms with Gasteiger partial charge in [0.25, 0.3) is 0 Å². The lowest BCUT2D eigenvalue weighted by molar-refractivity contribution is -0.134. The second-order valence-electron chi connectivity index (χ2n) is 3.77. The van der Waals surface area contributed by atoms with Gasteiger partial charge >= 0.3 is 0 Å². The Morgan fingerprint density at radius 1 is 1.36 bits per heavy atom. The smallest absolute Gasteiger partial charge is 0.149 e. The van der Waals surface area contributed by atoms with E-state index >= 15 is 0 Å². The molecule has 0 N–H and O–H groups in total. The van der Waals surface area contributed by atoms with E-state index in [1.165, 1.54) is 6.42 Å². The quantitative estimate of drug-likeness (QED) is 0.451. The van der Waals surface area contributed by atoms with Crippen LogP contribution in [-0.2, 0) is 9.59 Å². The van der Waals surface area contributed by atoms with Crippen LogP contribution in [0.25, 0.3) is 0 Å². The highest BCUT2D eigenvalue weighted by Gasteiger charge is 2.52. The van der Waals surface area contributed by atoms with Gasteiger partial charge in [0, 0.05) is 5.92 Å². The van der Waals surface area contributed by atoms with E-state index in [0.29, 0.717) is 0 Å². The average molecular weight is 152 g/mol. The van der Waals surface area contributed by atoms with Gasteiger partial charge in [0.15, 0.2) is 0 Å². The summed E-state index contributed by atoms with van der Waals surface area (Å²) in [5.41, 5.74) is -0.495. The summed E-state index contributed by atoms with van der Waals surface area (Å²) in [5, 5.41) is 0. The van der Waals surface area contributed by atoms with Crippen molar-refractivity contribution in [1.29, 1.82) is 0 Å². The molecule has 2 saturated carbocycles. The van der Waals surface area contributed by atoms with Crippen molar-refractivity contribution >= 4 is 12.1 Å². The van der Waals surface area contributed by atoms with Crippen LogP contribution in [0.3, 0.4) is 0 Å². The Morgan fingerprint density at radius 3 is 2.27 bits per heavy atom. The molecule has 0 aliphatic heterocycles. The molecular weight excluding hydrogens is 140 g/mol. The maximum absolute atomic E-state index is 11.5. The highest BCUT2D eigenvalue weighted by Crippen LogP contribution is 2.49. The van der Waals surface area contributed by atoms with Crippen molar-refractivity contribution in [3.63, 3.8) is 0 Å². The molecule has 0 spiro atoms. The molecule has 0 aromatic carbocycles. The van der Waals surface area contributed by atoms with Gasteiger partial charge in [0.05, 0.1) is 5.41 Å². The Morgan fingerprint density at radius 2 is 2.00 bits per heavy atom. The van der Waals surface area contributed by atoms with Gasteiger partial charge in [-0.05, 0) is 25.7 Å². The lowest BCUT2D eigenvalue weighted by Gasteiger charge is -2.25. The summed E-state index contributed by atoms with van der Waals surface area (Å²) in [4.78, 5) is 22.1. The van der Waals surface area contributed by atoms with E-state index in [4.69, 9.17) is 0 Å². The summed E-state index contributed by atoms with van der Waals surface area (Å²) in [7, 11) is 0. The van der Waals surface area contributed by atoms with Crippen molar-refractivity contribution in [3.8, 4) is 0 Å². The molecule has 2 rings (SSSR count). The molecule has 2 aliphatic carbocycles. The first-order chi connectivity index (χ1) is 5.28. The van der Waals surface area contributed by atoms with Gasteiger partial charge in [0.1, 0.15) is 12.1 Å². The third-order valence-corrected chi connectivity index (χ3v) is 2.98. The molecule has 0 saturated heterocycles. The summed E-state index contributed by atoms with van der Waals surface area (Å²) < 4.78 is 0. The van der Waals surface area contributed by atoms with E-state index in [0.717, 1.165) is 32.0 Å². The molecule has 60 valence electrons. The maximum Gasteiger partial charge on any atom is 0.149 e. The second-order valence-corrected chi connectivity index (χ2v) is 3.77. The van der Waals surface area contributed by atoms with Crippen LogP contribution < -0.4 is 0 Å². The highest BCUT2D eigenvalue weighted by atomic mass is 16.1. The molecule has 2 fully saturated rings. The normalized spacial score (nSPS) is 27.3. The Bertz CT molecular complexity index is 200. The molecule has 11 heavy (non-hydrogen) atoms. The summed E-state index contributed by atoms with van der Waals surface area (Å²) in [5.74, 6) is 0.474. The predicted molar refractivity (Wildman–Crippen MR) is 40.1 cm³/mol. The number of Topliss-reactive ketones (excluding diaryl/α,β-unsaturated/α-hetero) is 1. The van der Waals surface area contributed by atoms with Gasteiger partial charge < -0.3 is 4.79 Å². The second kappa shape index (κ2) is 2.16. The highest BCUT2D eigenvalue weighted by molar-refractivity contribution is 6.02. The fraction of sp³-hybridized carbons (Fsp3) is 0.778. The van der Waals surface area contributed by atoms with Gasteiger partial charge in [-0.15, -0.1) is 0 Å². The number of hydrogen-bond acceptors (Lipinski definition) is 2. The van der Waals surface area contributed by atoms with E-state index in [1.807, 2.05) is 0 Å². The average Bonchev–Trinajstić information content (AvgIpc) is 2.63. The van der Waals surface area contributed by atoms with E-state index in [-0.39, 0.29) is 11.7 Å². The van der Waals surface area contributed by atoms with E-state index in [1.54, 1.807) is 0 Å². The topological polar surface area (TPSA) is 34.1 Å². The van der Waals surface area contributed by atoms with Crippen molar-refractivity contribution in [2.75, 3.05) is 0 Å². The first kappa shape index (κ1) is 7.01. The number of aldehydes is 1. The third kappa shape index (κ3) is 0.924. The zero-order valence-electron chi connectivity index (χ0n) is 6.51. The molecule has 0 heterocycles. The minimum atomic E-state index is -0.495. The van der Waals surface area contributed by atoms with Crippen molar-refractivity contribution in [1.82, 2.24) is 0 Å². The van der Waals surface area contributed by atoms with Gasteiger partial charge in [-0.2, -0.15) is 0 Å². The van der Waals surface area contributed by atoms with Gasteiger partial charge in [-0.1, -0.05) is 6.42 Å². The largest absolute Gasteiger partial charge is 0.302 e. The molecule has 2 heteroatoms. The minimum Gasteiger partial charge on any atom is -0.302 e. The van der Waals surface area contributed by atoms with Crippen LogP contribution in [0.4, 0.5) is 0 Å². The van der Waals surface area contributed by atoms with Crippen LogP contribution in [0.5, 0.6) is 0 Å². The molecule has 0 atom stereocenters.